The standard InChI is InChI=1S/C7F14/c8-2(9)1(4(12,13)6(16,17)18)3(10,11)5(14,15)7(19,20)21. The third-order valence-electron chi connectivity index (χ3n) is 1.92. The molecule has 21 heavy (non-hydrogen) atoms. The molecule has 0 aromatic carbocycles. The second-order valence-corrected chi connectivity index (χ2v) is 3.35. The molecule has 0 aliphatic heterocycles. The molecule has 0 aliphatic rings. The molecular formula is C7F14. The lowest BCUT2D eigenvalue weighted by Gasteiger charge is -2.32. The molecule has 0 N–H and O–H groups in total. The second-order valence-electron chi connectivity index (χ2n) is 3.35. The van der Waals surface area contributed by atoms with E-state index in [-0.39, 0.29) is 0 Å². The van der Waals surface area contributed by atoms with E-state index in [1.165, 1.54) is 0 Å². The summed E-state index contributed by atoms with van der Waals surface area (Å²) in [5, 5.41) is 0. The molecule has 0 spiro atoms. The fraction of sp³-hybridized carbons (Fsp3) is 0.714. The first-order chi connectivity index (χ1) is 8.82. The first-order valence-electron chi connectivity index (χ1n) is 4.15. The second kappa shape index (κ2) is 4.90. The van der Waals surface area contributed by atoms with Crippen LogP contribution in [0.2, 0.25) is 0 Å². The van der Waals surface area contributed by atoms with Gasteiger partial charge in [0.1, 0.15) is 5.57 Å². The van der Waals surface area contributed by atoms with Crippen molar-refractivity contribution < 1.29 is 61.5 Å². The molecule has 0 radical (unpaired) electrons. The fourth-order valence-corrected chi connectivity index (χ4v) is 0.911. The summed E-state index contributed by atoms with van der Waals surface area (Å²) in [6.45, 7) is 0. The average molecular weight is 350 g/mol. The molecule has 126 valence electrons. The molecule has 0 rings (SSSR count). The number of hydrogen-bond acceptors (Lipinski definition) is 0. The summed E-state index contributed by atoms with van der Waals surface area (Å²) in [6.07, 6.45) is -19.3. The maximum atomic E-state index is 12.7. The van der Waals surface area contributed by atoms with E-state index in [4.69, 9.17) is 0 Å². The summed E-state index contributed by atoms with van der Waals surface area (Å²) in [6, 6.07) is 0. The summed E-state index contributed by atoms with van der Waals surface area (Å²) in [5.74, 6) is -22.4. The minimum absolute atomic E-state index is 4.72. The van der Waals surface area contributed by atoms with Crippen molar-refractivity contribution in [2.45, 2.75) is 30.1 Å². The first-order valence-corrected chi connectivity index (χ1v) is 4.15. The normalized spacial score (nSPS) is 15.1. The summed E-state index contributed by atoms with van der Waals surface area (Å²) >= 11 is 0. The minimum atomic E-state index is -7.59. The Morgan fingerprint density at radius 3 is 1.00 bits per heavy atom. The number of alkyl halides is 12. The number of allylic oxidation sites excluding steroid dienone is 1. The first kappa shape index (κ1) is 19.8. The van der Waals surface area contributed by atoms with Gasteiger partial charge in [-0.1, -0.05) is 0 Å². The molecule has 0 bridgehead atoms. The Balaban J connectivity index is 6.38. The zero-order valence-electron chi connectivity index (χ0n) is 8.79. The molecule has 14 heteroatoms. The Kier molecular flexibility index (Phi) is 4.61. The Labute approximate surface area is 105 Å². The van der Waals surface area contributed by atoms with E-state index < -0.39 is 41.8 Å². The van der Waals surface area contributed by atoms with Gasteiger partial charge < -0.3 is 0 Å². The number of halogens is 14. The Morgan fingerprint density at radius 1 is 0.476 bits per heavy atom. The molecule has 0 aromatic heterocycles. The zero-order chi connectivity index (χ0) is 17.7. The predicted octanol–water partition coefficient (Wildman–Crippen LogP) is 5.17. The lowest BCUT2D eigenvalue weighted by Crippen LogP contribution is -2.58. The number of rotatable bonds is 3. The molecule has 0 saturated heterocycles. The van der Waals surface area contributed by atoms with Gasteiger partial charge in [-0.05, 0) is 0 Å². The van der Waals surface area contributed by atoms with Gasteiger partial charge in [-0.3, -0.25) is 0 Å². The molecule has 0 aromatic rings. The molecule has 0 nitrogen and oxygen atoms in total. The van der Waals surface area contributed by atoms with E-state index in [1.54, 1.807) is 0 Å². The quantitative estimate of drug-likeness (QED) is 0.617. The zero-order valence-corrected chi connectivity index (χ0v) is 8.79. The molecular weight excluding hydrogens is 350 g/mol. The van der Waals surface area contributed by atoms with E-state index in [9.17, 15) is 61.5 Å². The van der Waals surface area contributed by atoms with E-state index in [1.807, 2.05) is 0 Å². The molecule has 0 saturated carbocycles. The smallest absolute Gasteiger partial charge is 0.194 e. The maximum Gasteiger partial charge on any atom is 0.460 e. The molecule has 0 aliphatic carbocycles. The van der Waals surface area contributed by atoms with Crippen molar-refractivity contribution in [1.29, 1.82) is 0 Å². The Hall–Kier alpha value is -1.24. The van der Waals surface area contributed by atoms with Crippen molar-refractivity contribution in [3.63, 3.8) is 0 Å². The molecule has 0 heterocycles. The van der Waals surface area contributed by atoms with Crippen LogP contribution < -0.4 is 0 Å². The van der Waals surface area contributed by atoms with Crippen LogP contribution in [-0.2, 0) is 0 Å². The summed E-state index contributed by atoms with van der Waals surface area (Å²) in [5.41, 5.74) is -4.97. The van der Waals surface area contributed by atoms with Gasteiger partial charge in [-0.2, -0.15) is 61.5 Å². The van der Waals surface area contributed by atoms with Crippen LogP contribution in [0.4, 0.5) is 61.5 Å². The van der Waals surface area contributed by atoms with Gasteiger partial charge in [0.05, 0.1) is 0 Å². The van der Waals surface area contributed by atoms with Crippen molar-refractivity contribution in [3.8, 4) is 0 Å². The van der Waals surface area contributed by atoms with Gasteiger partial charge in [0.15, 0.2) is 0 Å². The summed E-state index contributed by atoms with van der Waals surface area (Å²) < 4.78 is 168. The predicted molar refractivity (Wildman–Crippen MR) is 36.2 cm³/mol. The maximum absolute atomic E-state index is 12.7. The van der Waals surface area contributed by atoms with Crippen molar-refractivity contribution in [3.05, 3.63) is 11.7 Å². The third kappa shape index (κ3) is 3.02. The minimum Gasteiger partial charge on any atom is -0.194 e. The van der Waals surface area contributed by atoms with E-state index in [2.05, 4.69) is 0 Å². The van der Waals surface area contributed by atoms with Crippen LogP contribution >= 0.6 is 0 Å². The van der Waals surface area contributed by atoms with Crippen LogP contribution in [0, 0.1) is 0 Å². The highest BCUT2D eigenvalue weighted by atomic mass is 19.4. The largest absolute Gasteiger partial charge is 0.460 e. The van der Waals surface area contributed by atoms with Crippen LogP contribution in [0.5, 0.6) is 0 Å². The van der Waals surface area contributed by atoms with Crippen LogP contribution in [0.3, 0.4) is 0 Å². The van der Waals surface area contributed by atoms with Gasteiger partial charge in [-0.15, -0.1) is 0 Å². The van der Waals surface area contributed by atoms with Gasteiger partial charge in [0, 0.05) is 0 Å². The van der Waals surface area contributed by atoms with E-state index in [0.29, 0.717) is 0 Å². The van der Waals surface area contributed by atoms with Crippen molar-refractivity contribution in [2.75, 3.05) is 0 Å². The third-order valence-corrected chi connectivity index (χ3v) is 1.92. The highest BCUT2D eigenvalue weighted by Gasteiger charge is 2.81. The summed E-state index contributed by atoms with van der Waals surface area (Å²) in [7, 11) is 0. The highest BCUT2D eigenvalue weighted by Crippen LogP contribution is 2.56. The Morgan fingerprint density at radius 2 is 0.810 bits per heavy atom. The van der Waals surface area contributed by atoms with Crippen molar-refractivity contribution >= 4 is 0 Å². The molecule has 0 amide bonds. The lowest BCUT2D eigenvalue weighted by molar-refractivity contribution is -0.357. The fourth-order valence-electron chi connectivity index (χ4n) is 0.911. The molecule has 0 unspecified atom stereocenters. The van der Waals surface area contributed by atoms with Gasteiger partial charge in [0.25, 0.3) is 6.08 Å². The SMILES string of the molecule is FC(F)=C(C(F)(F)C(F)(F)F)C(F)(F)C(F)(F)C(F)(F)F. The highest BCUT2D eigenvalue weighted by molar-refractivity contribution is 5.28. The molecule has 0 atom stereocenters. The monoisotopic (exact) mass is 350 g/mol. The van der Waals surface area contributed by atoms with E-state index in [0.717, 1.165) is 0 Å². The number of hydrogen-bond donors (Lipinski definition) is 0. The lowest BCUT2D eigenvalue weighted by atomic mass is 9.96. The van der Waals surface area contributed by atoms with Crippen molar-refractivity contribution in [1.82, 2.24) is 0 Å². The van der Waals surface area contributed by atoms with Crippen LogP contribution in [0.15, 0.2) is 11.7 Å². The average Bonchev–Trinajstić information content (AvgIpc) is 2.11. The topological polar surface area (TPSA) is 0 Å². The van der Waals surface area contributed by atoms with Crippen LogP contribution in [-0.4, -0.2) is 30.1 Å². The van der Waals surface area contributed by atoms with Crippen LogP contribution in [0.25, 0.3) is 0 Å². The van der Waals surface area contributed by atoms with Gasteiger partial charge in [-0.25, -0.2) is 0 Å². The van der Waals surface area contributed by atoms with Crippen molar-refractivity contribution in [2.24, 2.45) is 0 Å². The molecule has 0 fully saturated rings. The van der Waals surface area contributed by atoms with Gasteiger partial charge in [0.2, 0.25) is 0 Å². The van der Waals surface area contributed by atoms with E-state index >= 15 is 0 Å². The van der Waals surface area contributed by atoms with Crippen LogP contribution in [0.1, 0.15) is 0 Å². The summed E-state index contributed by atoms with van der Waals surface area (Å²) in [4.78, 5) is 0. The van der Waals surface area contributed by atoms with Gasteiger partial charge >= 0.3 is 30.1 Å². The Bertz CT molecular complexity index is 416.